The molecule has 20 heavy (non-hydrogen) atoms. The summed E-state index contributed by atoms with van der Waals surface area (Å²) < 4.78 is 5.21. The molecule has 0 N–H and O–H groups in total. The summed E-state index contributed by atoms with van der Waals surface area (Å²) in [6, 6.07) is 6.33. The maximum absolute atomic E-state index is 12.4. The SMILES string of the molecule is Cc1ccoc1C(=O)N1CCc2ccc([N+](=O)[O-])cc21. The maximum Gasteiger partial charge on any atom is 0.294 e. The van der Waals surface area contributed by atoms with E-state index in [0.29, 0.717) is 18.7 Å². The van der Waals surface area contributed by atoms with E-state index in [1.54, 1.807) is 19.1 Å². The van der Waals surface area contributed by atoms with Gasteiger partial charge in [-0.15, -0.1) is 0 Å². The van der Waals surface area contributed by atoms with Crippen LogP contribution in [0.15, 0.2) is 34.9 Å². The molecule has 102 valence electrons. The van der Waals surface area contributed by atoms with E-state index in [2.05, 4.69) is 0 Å². The molecule has 0 atom stereocenters. The summed E-state index contributed by atoms with van der Waals surface area (Å²) >= 11 is 0. The van der Waals surface area contributed by atoms with Gasteiger partial charge in [-0.05, 0) is 25.0 Å². The number of hydrogen-bond acceptors (Lipinski definition) is 4. The lowest BCUT2D eigenvalue weighted by Gasteiger charge is -2.16. The number of aryl methyl sites for hydroxylation is 1. The second-order valence-corrected chi connectivity index (χ2v) is 4.71. The number of nitro benzene ring substituents is 1. The van der Waals surface area contributed by atoms with Crippen LogP contribution in [0.4, 0.5) is 11.4 Å². The number of hydrogen-bond donors (Lipinski definition) is 0. The summed E-state index contributed by atoms with van der Waals surface area (Å²) in [6.45, 7) is 2.30. The molecule has 1 aromatic carbocycles. The van der Waals surface area contributed by atoms with Gasteiger partial charge in [0.05, 0.1) is 16.9 Å². The molecule has 1 aromatic heterocycles. The number of carbonyl (C=O) groups excluding carboxylic acids is 1. The van der Waals surface area contributed by atoms with Crippen molar-refractivity contribution >= 4 is 17.3 Å². The molecule has 0 bridgehead atoms. The molecule has 3 rings (SSSR count). The molecule has 6 nitrogen and oxygen atoms in total. The standard InChI is InChI=1S/C14H12N2O4/c1-9-5-7-20-13(9)14(17)15-6-4-10-2-3-11(16(18)19)8-12(10)15/h2-3,5,7-8H,4,6H2,1H3. The minimum Gasteiger partial charge on any atom is -0.459 e. The van der Waals surface area contributed by atoms with Crippen LogP contribution >= 0.6 is 0 Å². The zero-order valence-corrected chi connectivity index (χ0v) is 10.8. The summed E-state index contributed by atoms with van der Waals surface area (Å²) in [7, 11) is 0. The Morgan fingerprint density at radius 3 is 2.85 bits per heavy atom. The largest absolute Gasteiger partial charge is 0.459 e. The van der Waals surface area contributed by atoms with Crippen LogP contribution in [0.3, 0.4) is 0 Å². The van der Waals surface area contributed by atoms with Crippen molar-refractivity contribution in [2.45, 2.75) is 13.3 Å². The van der Waals surface area contributed by atoms with Crippen LogP contribution in [0.1, 0.15) is 21.7 Å². The van der Waals surface area contributed by atoms with Crippen LogP contribution < -0.4 is 4.90 Å². The monoisotopic (exact) mass is 272 g/mol. The van der Waals surface area contributed by atoms with Gasteiger partial charge in [-0.1, -0.05) is 6.07 Å². The fourth-order valence-corrected chi connectivity index (χ4v) is 2.41. The number of carbonyl (C=O) groups is 1. The highest BCUT2D eigenvalue weighted by atomic mass is 16.6. The topological polar surface area (TPSA) is 76.6 Å². The van der Waals surface area contributed by atoms with E-state index in [0.717, 1.165) is 11.1 Å². The minimum absolute atomic E-state index is 0.0142. The molecule has 1 aliphatic rings. The molecular formula is C14H12N2O4. The smallest absolute Gasteiger partial charge is 0.294 e. The van der Waals surface area contributed by atoms with Gasteiger partial charge in [0.2, 0.25) is 0 Å². The van der Waals surface area contributed by atoms with Crippen molar-refractivity contribution in [3.8, 4) is 0 Å². The van der Waals surface area contributed by atoms with Gasteiger partial charge in [-0.2, -0.15) is 0 Å². The molecule has 1 amide bonds. The highest BCUT2D eigenvalue weighted by Gasteiger charge is 2.29. The number of amides is 1. The van der Waals surface area contributed by atoms with E-state index < -0.39 is 4.92 Å². The van der Waals surface area contributed by atoms with Crippen molar-refractivity contribution < 1.29 is 14.1 Å². The molecule has 6 heteroatoms. The van der Waals surface area contributed by atoms with Crippen molar-refractivity contribution in [1.29, 1.82) is 0 Å². The molecule has 0 unspecified atom stereocenters. The van der Waals surface area contributed by atoms with Crippen molar-refractivity contribution in [2.24, 2.45) is 0 Å². The molecule has 2 heterocycles. The number of benzene rings is 1. The zero-order chi connectivity index (χ0) is 14.3. The number of anilines is 1. The summed E-state index contributed by atoms with van der Waals surface area (Å²) in [5.41, 5.74) is 2.28. The summed E-state index contributed by atoms with van der Waals surface area (Å²) in [5, 5.41) is 10.8. The summed E-state index contributed by atoms with van der Waals surface area (Å²) in [5.74, 6) is 0.0242. The number of nitro groups is 1. The molecule has 1 aliphatic heterocycles. The Morgan fingerprint density at radius 1 is 1.40 bits per heavy atom. The average Bonchev–Trinajstić information content (AvgIpc) is 3.03. The fourth-order valence-electron chi connectivity index (χ4n) is 2.41. The van der Waals surface area contributed by atoms with E-state index in [-0.39, 0.29) is 17.4 Å². The maximum atomic E-state index is 12.4. The van der Waals surface area contributed by atoms with Gasteiger partial charge in [0.25, 0.3) is 11.6 Å². The number of rotatable bonds is 2. The first-order valence-electron chi connectivity index (χ1n) is 6.21. The van der Waals surface area contributed by atoms with Crippen LogP contribution in [0.25, 0.3) is 0 Å². The van der Waals surface area contributed by atoms with E-state index in [1.807, 2.05) is 0 Å². The van der Waals surface area contributed by atoms with E-state index >= 15 is 0 Å². The van der Waals surface area contributed by atoms with Gasteiger partial charge in [-0.25, -0.2) is 0 Å². The number of furan rings is 1. The molecule has 0 fully saturated rings. The third-order valence-electron chi connectivity index (χ3n) is 3.48. The van der Waals surface area contributed by atoms with Gasteiger partial charge in [0, 0.05) is 24.2 Å². The van der Waals surface area contributed by atoms with Gasteiger partial charge >= 0.3 is 0 Å². The molecular weight excluding hydrogens is 260 g/mol. The lowest BCUT2D eigenvalue weighted by atomic mass is 10.1. The van der Waals surface area contributed by atoms with Crippen LogP contribution in [-0.4, -0.2) is 17.4 Å². The summed E-state index contributed by atoms with van der Waals surface area (Å²) in [6.07, 6.45) is 2.16. The summed E-state index contributed by atoms with van der Waals surface area (Å²) in [4.78, 5) is 24.4. The first kappa shape index (κ1) is 12.4. The second-order valence-electron chi connectivity index (χ2n) is 4.71. The van der Waals surface area contributed by atoms with Crippen molar-refractivity contribution in [1.82, 2.24) is 0 Å². The van der Waals surface area contributed by atoms with Gasteiger partial charge in [0.1, 0.15) is 0 Å². The van der Waals surface area contributed by atoms with Gasteiger partial charge in [-0.3, -0.25) is 14.9 Å². The van der Waals surface area contributed by atoms with Crippen LogP contribution in [0, 0.1) is 17.0 Å². The average molecular weight is 272 g/mol. The van der Waals surface area contributed by atoms with E-state index in [1.165, 1.54) is 23.3 Å². The normalized spacial score (nSPS) is 13.3. The third kappa shape index (κ3) is 1.85. The molecule has 0 radical (unpaired) electrons. The lowest BCUT2D eigenvalue weighted by molar-refractivity contribution is -0.384. The third-order valence-corrected chi connectivity index (χ3v) is 3.48. The molecule has 2 aromatic rings. The number of fused-ring (bicyclic) bond motifs is 1. The zero-order valence-electron chi connectivity index (χ0n) is 10.8. The fraction of sp³-hybridized carbons (Fsp3) is 0.214. The quantitative estimate of drug-likeness (QED) is 0.622. The highest BCUT2D eigenvalue weighted by molar-refractivity contribution is 6.06. The molecule has 0 saturated heterocycles. The minimum atomic E-state index is -0.459. The number of non-ortho nitro benzene ring substituents is 1. The van der Waals surface area contributed by atoms with Crippen molar-refractivity contribution in [2.75, 3.05) is 11.4 Å². The van der Waals surface area contributed by atoms with E-state index in [9.17, 15) is 14.9 Å². The van der Waals surface area contributed by atoms with Crippen molar-refractivity contribution in [3.63, 3.8) is 0 Å². The van der Waals surface area contributed by atoms with Crippen LogP contribution in [0.5, 0.6) is 0 Å². The Hall–Kier alpha value is -2.63. The van der Waals surface area contributed by atoms with Crippen molar-refractivity contribution in [3.05, 3.63) is 57.5 Å². The molecule has 0 saturated carbocycles. The number of nitrogens with zero attached hydrogens (tertiary/aromatic N) is 2. The lowest BCUT2D eigenvalue weighted by Crippen LogP contribution is -2.29. The highest BCUT2D eigenvalue weighted by Crippen LogP contribution is 2.33. The molecule has 0 aliphatic carbocycles. The Balaban J connectivity index is 2.00. The predicted octanol–water partition coefficient (Wildman–Crippen LogP) is 2.70. The Kier molecular flexibility index (Phi) is 2.78. The Morgan fingerprint density at radius 2 is 2.20 bits per heavy atom. The van der Waals surface area contributed by atoms with Gasteiger partial charge in [0.15, 0.2) is 5.76 Å². The van der Waals surface area contributed by atoms with Crippen LogP contribution in [-0.2, 0) is 6.42 Å². The van der Waals surface area contributed by atoms with Crippen LogP contribution in [0.2, 0.25) is 0 Å². The Bertz CT molecular complexity index is 705. The Labute approximate surface area is 114 Å². The van der Waals surface area contributed by atoms with E-state index in [4.69, 9.17) is 4.42 Å². The predicted molar refractivity (Wildman–Crippen MR) is 71.9 cm³/mol. The molecule has 0 spiro atoms. The second kappa shape index (κ2) is 4.48. The first-order valence-corrected chi connectivity index (χ1v) is 6.21. The van der Waals surface area contributed by atoms with Gasteiger partial charge < -0.3 is 9.32 Å². The first-order chi connectivity index (χ1) is 9.58.